The van der Waals surface area contributed by atoms with Crippen LogP contribution < -0.4 is 0 Å². The predicted octanol–water partition coefficient (Wildman–Crippen LogP) is 2.34. The lowest BCUT2D eigenvalue weighted by molar-refractivity contribution is 0.0696. The molecule has 2 aliphatic rings. The maximum Gasteiger partial charge on any atom is 0.335 e. The van der Waals surface area contributed by atoms with Gasteiger partial charge in [0.05, 0.1) is 10.5 Å². The van der Waals surface area contributed by atoms with E-state index in [4.69, 9.17) is 5.11 Å². The van der Waals surface area contributed by atoms with Gasteiger partial charge in [-0.3, -0.25) is 0 Å². The molecular weight excluding hydrogens is 290 g/mol. The van der Waals surface area contributed by atoms with Crippen LogP contribution in [0.15, 0.2) is 29.2 Å². The van der Waals surface area contributed by atoms with Crippen LogP contribution in [0.25, 0.3) is 0 Å². The summed E-state index contributed by atoms with van der Waals surface area (Å²) in [6, 6.07) is 5.62. The highest BCUT2D eigenvalue weighted by atomic mass is 32.2. The molecule has 1 aliphatic carbocycles. The third-order valence-corrected chi connectivity index (χ3v) is 6.61. The summed E-state index contributed by atoms with van der Waals surface area (Å²) in [6.45, 7) is 0.582. The van der Waals surface area contributed by atoms with Crippen molar-refractivity contribution in [2.75, 3.05) is 6.54 Å². The van der Waals surface area contributed by atoms with Gasteiger partial charge in [-0.05, 0) is 49.4 Å². The van der Waals surface area contributed by atoms with E-state index in [1.807, 2.05) is 0 Å². The van der Waals surface area contributed by atoms with E-state index in [0.29, 0.717) is 12.5 Å². The molecule has 2 fully saturated rings. The highest BCUT2D eigenvalue weighted by Crippen LogP contribution is 2.39. The van der Waals surface area contributed by atoms with Crippen LogP contribution in [-0.2, 0) is 10.0 Å². The summed E-state index contributed by atoms with van der Waals surface area (Å²) in [5, 5.41) is 8.88. The van der Waals surface area contributed by atoms with Crippen molar-refractivity contribution in [3.63, 3.8) is 0 Å². The Bertz CT molecular complexity index is 638. The Labute approximate surface area is 124 Å². The minimum atomic E-state index is -3.51. The molecule has 1 aromatic carbocycles. The van der Waals surface area contributed by atoms with Crippen LogP contribution in [0.3, 0.4) is 0 Å². The highest BCUT2D eigenvalue weighted by Gasteiger charge is 2.42. The molecule has 0 radical (unpaired) electrons. The van der Waals surface area contributed by atoms with E-state index < -0.39 is 16.0 Å². The number of hydrogen-bond acceptors (Lipinski definition) is 3. The van der Waals surface area contributed by atoms with Crippen LogP contribution in [0.5, 0.6) is 0 Å². The average Bonchev–Trinajstić information content (AvgIpc) is 2.92. The minimum absolute atomic E-state index is 0.103. The summed E-state index contributed by atoms with van der Waals surface area (Å²) in [5.41, 5.74) is 0.103. The van der Waals surface area contributed by atoms with Gasteiger partial charge in [-0.2, -0.15) is 4.31 Å². The summed E-state index contributed by atoms with van der Waals surface area (Å²) in [4.78, 5) is 11.0. The Morgan fingerprint density at radius 3 is 2.43 bits per heavy atom. The number of hydrogen-bond donors (Lipinski definition) is 1. The van der Waals surface area contributed by atoms with Gasteiger partial charge in [0.2, 0.25) is 10.0 Å². The number of carboxylic acid groups (broad SMARTS) is 1. The molecule has 1 saturated carbocycles. The monoisotopic (exact) mass is 309 g/mol. The fourth-order valence-corrected chi connectivity index (χ4v) is 5.30. The maximum atomic E-state index is 12.7. The van der Waals surface area contributed by atoms with Gasteiger partial charge in [0, 0.05) is 12.6 Å². The van der Waals surface area contributed by atoms with Gasteiger partial charge < -0.3 is 5.11 Å². The van der Waals surface area contributed by atoms with Gasteiger partial charge in [0.15, 0.2) is 0 Å². The predicted molar refractivity (Wildman–Crippen MR) is 77.7 cm³/mol. The summed E-state index contributed by atoms with van der Waals surface area (Å²) in [5.74, 6) is -0.556. The van der Waals surface area contributed by atoms with Crippen molar-refractivity contribution >= 4 is 16.0 Å². The van der Waals surface area contributed by atoms with Gasteiger partial charge in [-0.15, -0.1) is 0 Å². The first-order valence-electron chi connectivity index (χ1n) is 7.35. The molecule has 1 heterocycles. The van der Waals surface area contributed by atoms with Crippen molar-refractivity contribution in [3.8, 4) is 0 Å². The Hall–Kier alpha value is -1.40. The molecule has 2 atom stereocenters. The molecule has 0 aromatic heterocycles. The molecule has 1 aromatic rings. The van der Waals surface area contributed by atoms with Crippen molar-refractivity contribution < 1.29 is 18.3 Å². The Kier molecular flexibility index (Phi) is 3.75. The van der Waals surface area contributed by atoms with Crippen LogP contribution >= 0.6 is 0 Å². The SMILES string of the molecule is O=C(O)c1ccc(S(=O)(=O)N2CCC3CCCCC32)cc1. The largest absolute Gasteiger partial charge is 0.478 e. The Balaban J connectivity index is 1.88. The molecule has 1 aliphatic heterocycles. The zero-order valence-corrected chi connectivity index (χ0v) is 12.6. The molecule has 21 heavy (non-hydrogen) atoms. The fourth-order valence-electron chi connectivity index (χ4n) is 3.57. The summed E-state index contributed by atoms with van der Waals surface area (Å²) in [7, 11) is -3.51. The number of carbonyl (C=O) groups is 1. The van der Waals surface area contributed by atoms with Crippen molar-refractivity contribution in [1.29, 1.82) is 0 Å². The zero-order valence-electron chi connectivity index (χ0n) is 11.7. The normalized spacial score (nSPS) is 26.5. The number of sulfonamides is 1. The molecule has 1 N–H and O–H groups in total. The lowest BCUT2D eigenvalue weighted by atomic mass is 9.86. The van der Waals surface area contributed by atoms with Crippen LogP contribution in [-0.4, -0.2) is 36.4 Å². The minimum Gasteiger partial charge on any atom is -0.478 e. The number of carboxylic acids is 1. The number of fused-ring (bicyclic) bond motifs is 1. The quantitative estimate of drug-likeness (QED) is 0.930. The van der Waals surface area contributed by atoms with Crippen LogP contribution in [0.2, 0.25) is 0 Å². The summed E-state index contributed by atoms with van der Waals surface area (Å²) in [6.07, 6.45) is 5.29. The molecule has 0 amide bonds. The van der Waals surface area contributed by atoms with Crippen molar-refractivity contribution in [1.82, 2.24) is 4.31 Å². The Morgan fingerprint density at radius 2 is 1.76 bits per heavy atom. The second kappa shape index (κ2) is 5.42. The third kappa shape index (κ3) is 2.58. The van der Waals surface area contributed by atoms with Crippen molar-refractivity contribution in [2.45, 2.75) is 43.0 Å². The summed E-state index contributed by atoms with van der Waals surface area (Å²) >= 11 is 0. The Morgan fingerprint density at radius 1 is 1.10 bits per heavy atom. The average molecular weight is 309 g/mol. The standard InChI is InChI=1S/C15H19NO4S/c17-15(18)12-5-7-13(8-6-12)21(19,20)16-10-9-11-3-1-2-4-14(11)16/h5-8,11,14H,1-4,9-10H2,(H,17,18). The second-order valence-electron chi connectivity index (χ2n) is 5.85. The van der Waals surface area contributed by atoms with E-state index in [2.05, 4.69) is 0 Å². The van der Waals surface area contributed by atoms with E-state index in [0.717, 1.165) is 25.7 Å². The first-order valence-corrected chi connectivity index (χ1v) is 8.79. The van der Waals surface area contributed by atoms with Gasteiger partial charge in [-0.25, -0.2) is 13.2 Å². The van der Waals surface area contributed by atoms with Gasteiger partial charge in [-0.1, -0.05) is 12.8 Å². The van der Waals surface area contributed by atoms with Crippen LogP contribution in [0.4, 0.5) is 0 Å². The summed E-state index contributed by atoms with van der Waals surface area (Å²) < 4.78 is 27.1. The fraction of sp³-hybridized carbons (Fsp3) is 0.533. The molecule has 3 rings (SSSR count). The molecule has 1 saturated heterocycles. The number of nitrogens with zero attached hydrogens (tertiary/aromatic N) is 1. The number of rotatable bonds is 3. The van der Waals surface area contributed by atoms with E-state index >= 15 is 0 Å². The topological polar surface area (TPSA) is 74.7 Å². The van der Waals surface area contributed by atoms with E-state index in [-0.39, 0.29) is 16.5 Å². The number of aromatic carboxylic acids is 1. The molecule has 5 nitrogen and oxygen atoms in total. The molecule has 6 heteroatoms. The van der Waals surface area contributed by atoms with Gasteiger partial charge in [0.25, 0.3) is 0 Å². The molecular formula is C15H19NO4S. The van der Waals surface area contributed by atoms with E-state index in [1.165, 1.54) is 30.7 Å². The first-order chi connectivity index (χ1) is 10.00. The molecule has 0 bridgehead atoms. The lowest BCUT2D eigenvalue weighted by Crippen LogP contribution is -2.39. The van der Waals surface area contributed by atoms with Crippen molar-refractivity contribution in [2.24, 2.45) is 5.92 Å². The van der Waals surface area contributed by atoms with Crippen molar-refractivity contribution in [3.05, 3.63) is 29.8 Å². The van der Waals surface area contributed by atoms with Crippen LogP contribution in [0.1, 0.15) is 42.5 Å². The third-order valence-electron chi connectivity index (χ3n) is 4.67. The molecule has 114 valence electrons. The van der Waals surface area contributed by atoms with Gasteiger partial charge >= 0.3 is 5.97 Å². The smallest absolute Gasteiger partial charge is 0.335 e. The zero-order chi connectivity index (χ0) is 15.0. The highest BCUT2D eigenvalue weighted by molar-refractivity contribution is 7.89. The lowest BCUT2D eigenvalue weighted by Gasteiger charge is -2.31. The maximum absolute atomic E-state index is 12.7. The first kappa shape index (κ1) is 14.5. The number of benzene rings is 1. The molecule has 0 spiro atoms. The van der Waals surface area contributed by atoms with Gasteiger partial charge in [0.1, 0.15) is 0 Å². The molecule has 2 unspecified atom stereocenters. The van der Waals surface area contributed by atoms with E-state index in [1.54, 1.807) is 4.31 Å². The van der Waals surface area contributed by atoms with Crippen LogP contribution in [0, 0.1) is 5.92 Å². The second-order valence-corrected chi connectivity index (χ2v) is 7.74. The van der Waals surface area contributed by atoms with E-state index in [9.17, 15) is 13.2 Å².